The number of alkyl halides is 3. The molecule has 0 amide bonds. The van der Waals surface area contributed by atoms with Crippen molar-refractivity contribution in [3.8, 4) is 0 Å². The van der Waals surface area contributed by atoms with Gasteiger partial charge in [-0.15, -0.1) is 0 Å². The van der Waals surface area contributed by atoms with Crippen molar-refractivity contribution < 1.29 is 18.1 Å². The molecule has 1 rings (SSSR count). The van der Waals surface area contributed by atoms with Crippen molar-refractivity contribution >= 4 is 23.0 Å². The standard InChI is InChI=1S/C9H9ClF3N3O2/c1-15(2)14-7-4-6(10)5(9(11,12)13)3-8(7)16(17)18/h3-4,14H,1-2H3. The van der Waals surface area contributed by atoms with E-state index in [1.807, 2.05) is 0 Å². The van der Waals surface area contributed by atoms with Gasteiger partial charge in [0, 0.05) is 20.2 Å². The van der Waals surface area contributed by atoms with Gasteiger partial charge in [-0.2, -0.15) is 13.2 Å². The van der Waals surface area contributed by atoms with E-state index in [0.29, 0.717) is 6.07 Å². The Morgan fingerprint density at radius 1 is 1.39 bits per heavy atom. The lowest BCUT2D eigenvalue weighted by Crippen LogP contribution is -2.20. The predicted molar refractivity (Wildman–Crippen MR) is 60.4 cm³/mol. The Balaban J connectivity index is 3.39. The second-order valence-electron chi connectivity index (χ2n) is 3.61. The third-order valence-electron chi connectivity index (χ3n) is 1.93. The predicted octanol–water partition coefficient (Wildman–Crippen LogP) is 3.16. The molecule has 0 aliphatic rings. The van der Waals surface area contributed by atoms with Crippen LogP contribution in [0.1, 0.15) is 5.56 Å². The molecule has 9 heteroatoms. The summed E-state index contributed by atoms with van der Waals surface area (Å²) in [5.41, 5.74) is 0.476. The normalized spacial score (nSPS) is 11.7. The Morgan fingerprint density at radius 2 is 1.94 bits per heavy atom. The van der Waals surface area contributed by atoms with Crippen LogP contribution >= 0.6 is 11.6 Å². The minimum absolute atomic E-state index is 0.108. The lowest BCUT2D eigenvalue weighted by Gasteiger charge is -2.16. The van der Waals surface area contributed by atoms with Gasteiger partial charge in [-0.25, -0.2) is 5.01 Å². The van der Waals surface area contributed by atoms with Crippen molar-refractivity contribution in [2.75, 3.05) is 19.5 Å². The van der Waals surface area contributed by atoms with Gasteiger partial charge >= 0.3 is 6.18 Å². The second-order valence-corrected chi connectivity index (χ2v) is 4.02. The Kier molecular flexibility index (Phi) is 4.02. The van der Waals surface area contributed by atoms with Gasteiger partial charge in [-0.05, 0) is 6.07 Å². The molecule has 1 aromatic rings. The van der Waals surface area contributed by atoms with Gasteiger partial charge in [-0.3, -0.25) is 10.1 Å². The van der Waals surface area contributed by atoms with Crippen LogP contribution in [0.5, 0.6) is 0 Å². The summed E-state index contributed by atoms with van der Waals surface area (Å²) in [4.78, 5) is 9.82. The number of nitrogens with zero attached hydrogens (tertiary/aromatic N) is 2. The number of nitro groups is 1. The highest BCUT2D eigenvalue weighted by Crippen LogP contribution is 2.40. The van der Waals surface area contributed by atoms with Gasteiger partial charge in [-0.1, -0.05) is 11.6 Å². The third kappa shape index (κ3) is 3.23. The van der Waals surface area contributed by atoms with Gasteiger partial charge in [0.05, 0.1) is 15.5 Å². The summed E-state index contributed by atoms with van der Waals surface area (Å²) < 4.78 is 37.6. The largest absolute Gasteiger partial charge is 0.418 e. The van der Waals surface area contributed by atoms with Crippen LogP contribution < -0.4 is 5.43 Å². The number of hydrogen-bond acceptors (Lipinski definition) is 4. The van der Waals surface area contributed by atoms with E-state index in [1.165, 1.54) is 19.1 Å². The van der Waals surface area contributed by atoms with Gasteiger partial charge in [0.1, 0.15) is 5.69 Å². The quantitative estimate of drug-likeness (QED) is 0.684. The summed E-state index contributed by atoms with van der Waals surface area (Å²) in [6.07, 6.45) is -4.74. The molecule has 0 bridgehead atoms. The van der Waals surface area contributed by atoms with Crippen LogP contribution in [0.3, 0.4) is 0 Å². The van der Waals surface area contributed by atoms with Gasteiger partial charge < -0.3 is 5.43 Å². The van der Waals surface area contributed by atoms with Gasteiger partial charge in [0.15, 0.2) is 0 Å². The molecule has 0 aliphatic heterocycles. The maximum Gasteiger partial charge on any atom is 0.418 e. The van der Waals surface area contributed by atoms with Crippen molar-refractivity contribution in [1.82, 2.24) is 5.01 Å². The van der Waals surface area contributed by atoms with E-state index in [2.05, 4.69) is 5.43 Å². The van der Waals surface area contributed by atoms with Crippen LogP contribution in [0.2, 0.25) is 5.02 Å². The molecular formula is C9H9ClF3N3O2. The third-order valence-corrected chi connectivity index (χ3v) is 2.24. The Bertz CT molecular complexity index is 477. The van der Waals surface area contributed by atoms with Crippen LogP contribution in [-0.2, 0) is 6.18 Å². The molecule has 0 atom stereocenters. The van der Waals surface area contributed by atoms with E-state index in [9.17, 15) is 23.3 Å². The number of rotatable bonds is 3. The first kappa shape index (κ1) is 14.5. The first-order chi connectivity index (χ1) is 8.12. The average Bonchev–Trinajstić information content (AvgIpc) is 2.13. The molecule has 0 fully saturated rings. The summed E-state index contributed by atoms with van der Waals surface area (Å²) in [5.74, 6) is 0. The maximum absolute atomic E-state index is 12.5. The summed E-state index contributed by atoms with van der Waals surface area (Å²) in [6.45, 7) is 0. The molecule has 0 saturated carbocycles. The molecule has 5 nitrogen and oxygen atoms in total. The van der Waals surface area contributed by atoms with Crippen molar-refractivity contribution in [3.05, 3.63) is 32.8 Å². The van der Waals surface area contributed by atoms with E-state index in [0.717, 1.165) is 6.07 Å². The minimum atomic E-state index is -4.74. The van der Waals surface area contributed by atoms with Crippen LogP contribution in [0.25, 0.3) is 0 Å². The average molecular weight is 284 g/mol. The number of halogens is 4. The van der Waals surface area contributed by atoms with Gasteiger partial charge in [0.25, 0.3) is 5.69 Å². The van der Waals surface area contributed by atoms with Crippen molar-refractivity contribution in [2.24, 2.45) is 0 Å². The maximum atomic E-state index is 12.5. The lowest BCUT2D eigenvalue weighted by atomic mass is 10.1. The zero-order valence-corrected chi connectivity index (χ0v) is 10.1. The molecular weight excluding hydrogens is 275 g/mol. The topological polar surface area (TPSA) is 58.4 Å². The molecule has 0 heterocycles. The molecule has 1 aromatic carbocycles. The Labute approximate surface area is 105 Å². The fourth-order valence-corrected chi connectivity index (χ4v) is 1.53. The smallest absolute Gasteiger partial charge is 0.313 e. The monoisotopic (exact) mass is 283 g/mol. The highest BCUT2D eigenvalue weighted by molar-refractivity contribution is 6.31. The molecule has 100 valence electrons. The van der Waals surface area contributed by atoms with E-state index in [4.69, 9.17) is 11.6 Å². The second kappa shape index (κ2) is 4.99. The SMILES string of the molecule is CN(C)Nc1cc(Cl)c(C(F)(F)F)cc1[N+](=O)[O-]. The highest BCUT2D eigenvalue weighted by Gasteiger charge is 2.36. The van der Waals surface area contributed by atoms with Crippen LogP contribution in [0.4, 0.5) is 24.5 Å². The van der Waals surface area contributed by atoms with Crippen molar-refractivity contribution in [3.63, 3.8) is 0 Å². The van der Waals surface area contributed by atoms with Crippen LogP contribution in [-0.4, -0.2) is 24.0 Å². The molecule has 1 N–H and O–H groups in total. The molecule has 0 radical (unpaired) electrons. The molecule has 0 spiro atoms. The molecule has 0 unspecified atom stereocenters. The number of nitrogens with one attached hydrogen (secondary N) is 1. The fourth-order valence-electron chi connectivity index (χ4n) is 1.26. The summed E-state index contributed by atoms with van der Waals surface area (Å²) in [5, 5.41) is 11.5. The number of hydrazine groups is 1. The molecule has 0 aliphatic carbocycles. The first-order valence-electron chi connectivity index (χ1n) is 4.62. The van der Waals surface area contributed by atoms with E-state index < -0.39 is 27.4 Å². The van der Waals surface area contributed by atoms with Crippen molar-refractivity contribution in [2.45, 2.75) is 6.18 Å². The Morgan fingerprint density at radius 3 is 2.33 bits per heavy atom. The van der Waals surface area contributed by atoms with Crippen LogP contribution in [0, 0.1) is 10.1 Å². The zero-order valence-electron chi connectivity index (χ0n) is 9.38. The minimum Gasteiger partial charge on any atom is -0.313 e. The van der Waals surface area contributed by atoms with E-state index in [-0.39, 0.29) is 5.69 Å². The van der Waals surface area contributed by atoms with Gasteiger partial charge in [0.2, 0.25) is 0 Å². The lowest BCUT2D eigenvalue weighted by molar-refractivity contribution is -0.384. The Hall–Kier alpha value is -1.54. The number of nitro benzene ring substituents is 1. The van der Waals surface area contributed by atoms with Crippen molar-refractivity contribution in [1.29, 1.82) is 0 Å². The highest BCUT2D eigenvalue weighted by atomic mass is 35.5. The molecule has 0 aromatic heterocycles. The summed E-state index contributed by atoms with van der Waals surface area (Å²) in [7, 11) is 3.07. The molecule has 0 saturated heterocycles. The number of hydrogen-bond donors (Lipinski definition) is 1. The first-order valence-corrected chi connectivity index (χ1v) is 5.00. The summed E-state index contributed by atoms with van der Waals surface area (Å²) >= 11 is 5.47. The van der Waals surface area contributed by atoms with Crippen LogP contribution in [0.15, 0.2) is 12.1 Å². The molecule has 18 heavy (non-hydrogen) atoms. The van der Waals surface area contributed by atoms with E-state index >= 15 is 0 Å². The van der Waals surface area contributed by atoms with E-state index in [1.54, 1.807) is 0 Å². The summed E-state index contributed by atoms with van der Waals surface area (Å²) in [6, 6.07) is 1.29. The zero-order chi connectivity index (χ0) is 14.1. The number of benzene rings is 1. The fraction of sp³-hybridized carbons (Fsp3) is 0.333. The number of anilines is 1.